The van der Waals surface area contributed by atoms with Crippen LogP contribution in [0.25, 0.3) is 0 Å². The van der Waals surface area contributed by atoms with Gasteiger partial charge in [0.25, 0.3) is 5.82 Å². The van der Waals surface area contributed by atoms with Crippen LogP contribution in [-0.2, 0) is 6.54 Å². The van der Waals surface area contributed by atoms with Gasteiger partial charge in [-0.15, -0.1) is 0 Å². The van der Waals surface area contributed by atoms with Gasteiger partial charge in [-0.1, -0.05) is 149 Å². The second-order valence-electron chi connectivity index (χ2n) is 10.7. The van der Waals surface area contributed by atoms with Crippen molar-refractivity contribution in [1.29, 1.82) is 0 Å². The molecular formula is C31H61N2+. The molecule has 2 nitrogen and oxygen atoms in total. The maximum absolute atomic E-state index is 3.62. The monoisotopic (exact) mass is 461 g/mol. The lowest BCUT2D eigenvalue weighted by Gasteiger charge is -2.14. The van der Waals surface area contributed by atoms with Gasteiger partial charge in [-0.2, -0.15) is 0 Å². The summed E-state index contributed by atoms with van der Waals surface area (Å²) in [6.45, 7) is 8.06. The lowest BCUT2D eigenvalue weighted by Crippen LogP contribution is -2.37. The van der Waals surface area contributed by atoms with Crippen molar-refractivity contribution < 1.29 is 4.57 Å². The number of nitrogens with zero attached hydrogens (tertiary/aromatic N) is 1. The maximum Gasteiger partial charge on any atom is 0.257 e. The summed E-state index contributed by atoms with van der Waals surface area (Å²) in [5.41, 5.74) is 0. The Morgan fingerprint density at radius 3 is 1.33 bits per heavy atom. The van der Waals surface area contributed by atoms with Gasteiger partial charge in [0, 0.05) is 0 Å². The van der Waals surface area contributed by atoms with Gasteiger partial charge in [-0.05, 0) is 19.3 Å². The summed E-state index contributed by atoms with van der Waals surface area (Å²) < 4.78 is 2.49. The first kappa shape index (κ1) is 30.2. The molecule has 0 spiro atoms. The van der Waals surface area contributed by atoms with E-state index >= 15 is 0 Å². The van der Waals surface area contributed by atoms with Crippen LogP contribution >= 0.6 is 0 Å². The number of hydrogen-bond acceptors (Lipinski definition) is 0. The molecule has 1 heterocycles. The first-order valence-electron chi connectivity index (χ1n) is 15.4. The highest BCUT2D eigenvalue weighted by Gasteiger charge is 2.22. The van der Waals surface area contributed by atoms with Gasteiger partial charge in [0.1, 0.15) is 12.4 Å². The zero-order chi connectivity index (χ0) is 23.8. The van der Waals surface area contributed by atoms with Gasteiger partial charge in [0.15, 0.2) is 0 Å². The van der Waals surface area contributed by atoms with E-state index in [0.717, 1.165) is 12.5 Å². The van der Waals surface area contributed by atoms with Gasteiger partial charge in [0.05, 0.1) is 12.5 Å². The van der Waals surface area contributed by atoms with E-state index in [-0.39, 0.29) is 0 Å². The number of aryl methyl sites for hydroxylation is 1. The molecule has 0 aromatic carbocycles. The molecule has 0 aliphatic carbocycles. The molecule has 2 heteroatoms. The highest BCUT2D eigenvalue weighted by molar-refractivity contribution is 4.90. The molecule has 194 valence electrons. The Morgan fingerprint density at radius 1 is 0.545 bits per heavy atom. The third-order valence-corrected chi connectivity index (χ3v) is 7.46. The number of aromatic amines is 1. The Labute approximate surface area is 208 Å². The fourth-order valence-corrected chi connectivity index (χ4v) is 5.34. The fraction of sp³-hybridized carbons (Fsp3) is 0.903. The predicted molar refractivity (Wildman–Crippen MR) is 147 cm³/mol. The Hall–Kier alpha value is -0.790. The Kier molecular flexibility index (Phi) is 21.1. The molecule has 0 unspecified atom stereocenters. The van der Waals surface area contributed by atoms with Gasteiger partial charge in [-0.25, -0.2) is 9.55 Å². The van der Waals surface area contributed by atoms with Crippen molar-refractivity contribution in [2.24, 2.45) is 0 Å². The van der Waals surface area contributed by atoms with Crippen LogP contribution in [0.4, 0.5) is 0 Å². The van der Waals surface area contributed by atoms with Crippen LogP contribution in [0, 0.1) is 0 Å². The molecule has 0 aliphatic heterocycles. The molecule has 1 N–H and O–H groups in total. The summed E-state index contributed by atoms with van der Waals surface area (Å²) >= 11 is 0. The van der Waals surface area contributed by atoms with E-state index in [9.17, 15) is 0 Å². The van der Waals surface area contributed by atoms with Gasteiger partial charge in [-0.3, -0.25) is 0 Å². The summed E-state index contributed by atoms with van der Waals surface area (Å²) in [7, 11) is 0. The first-order valence-corrected chi connectivity index (χ1v) is 15.4. The topological polar surface area (TPSA) is 19.7 Å². The van der Waals surface area contributed by atoms with Crippen LogP contribution in [0.2, 0.25) is 0 Å². The Morgan fingerprint density at radius 2 is 0.939 bits per heavy atom. The Bertz CT molecular complexity index is 507. The van der Waals surface area contributed by atoms with Crippen molar-refractivity contribution in [3.05, 3.63) is 18.2 Å². The number of rotatable bonds is 25. The number of unbranched alkanes of at least 4 members (excludes halogenated alkanes) is 18. The van der Waals surface area contributed by atoms with Gasteiger partial charge < -0.3 is 0 Å². The van der Waals surface area contributed by atoms with Crippen molar-refractivity contribution in [3.63, 3.8) is 0 Å². The van der Waals surface area contributed by atoms with Crippen molar-refractivity contribution in [2.45, 2.75) is 181 Å². The lowest BCUT2D eigenvalue weighted by atomic mass is 9.93. The summed E-state index contributed by atoms with van der Waals surface area (Å²) in [6, 6.07) is 0. The van der Waals surface area contributed by atoms with E-state index in [1.54, 1.807) is 0 Å². The summed E-state index contributed by atoms with van der Waals surface area (Å²) in [5.74, 6) is 2.23. The molecular weight excluding hydrogens is 400 g/mol. The third kappa shape index (κ3) is 16.5. The summed E-state index contributed by atoms with van der Waals surface area (Å²) in [6.07, 6.45) is 37.1. The van der Waals surface area contributed by atoms with Crippen molar-refractivity contribution in [3.8, 4) is 0 Å². The minimum atomic E-state index is 0.731. The molecule has 0 bridgehead atoms. The SMILES string of the molecule is CCCCCCCCCCCCCCC[C@H](CCCCCCCCC)c1[nH]cc[n+]1CCC. The molecule has 0 amide bonds. The van der Waals surface area contributed by atoms with Crippen molar-refractivity contribution >= 4 is 0 Å². The number of nitrogens with one attached hydrogen (secondary N) is 1. The maximum atomic E-state index is 3.62. The number of hydrogen-bond donors (Lipinski definition) is 1. The average Bonchev–Trinajstić information content (AvgIpc) is 3.28. The molecule has 33 heavy (non-hydrogen) atoms. The summed E-state index contributed by atoms with van der Waals surface area (Å²) in [4.78, 5) is 3.62. The van der Waals surface area contributed by atoms with E-state index in [0.29, 0.717) is 0 Å². The first-order chi connectivity index (χ1) is 16.3. The van der Waals surface area contributed by atoms with Crippen LogP contribution in [0.5, 0.6) is 0 Å². The third-order valence-electron chi connectivity index (χ3n) is 7.46. The lowest BCUT2D eigenvalue weighted by molar-refractivity contribution is -0.704. The van der Waals surface area contributed by atoms with Crippen molar-refractivity contribution in [1.82, 2.24) is 4.98 Å². The molecule has 1 aromatic heterocycles. The van der Waals surface area contributed by atoms with Crippen molar-refractivity contribution in [2.75, 3.05) is 0 Å². The minimum Gasteiger partial charge on any atom is -0.247 e. The quantitative estimate of drug-likeness (QED) is 0.110. The summed E-state index contributed by atoms with van der Waals surface area (Å²) in [5, 5.41) is 0. The fourth-order valence-electron chi connectivity index (χ4n) is 5.34. The van der Waals surface area contributed by atoms with E-state index in [4.69, 9.17) is 0 Å². The van der Waals surface area contributed by atoms with Crippen LogP contribution < -0.4 is 4.57 Å². The van der Waals surface area contributed by atoms with Crippen LogP contribution in [-0.4, -0.2) is 4.98 Å². The molecule has 0 saturated heterocycles. The van der Waals surface area contributed by atoms with Crippen LogP contribution in [0.15, 0.2) is 12.4 Å². The van der Waals surface area contributed by atoms with Crippen LogP contribution in [0.3, 0.4) is 0 Å². The minimum absolute atomic E-state index is 0.731. The smallest absolute Gasteiger partial charge is 0.247 e. The Balaban J connectivity index is 2.18. The molecule has 0 aliphatic rings. The molecule has 0 radical (unpaired) electrons. The molecule has 0 fully saturated rings. The molecule has 1 atom stereocenters. The molecule has 0 saturated carbocycles. The predicted octanol–water partition coefficient (Wildman–Crippen LogP) is 10.4. The normalized spacial score (nSPS) is 12.5. The number of aromatic nitrogens is 2. The zero-order valence-electron chi connectivity index (χ0n) is 23.1. The van der Waals surface area contributed by atoms with Crippen LogP contribution in [0.1, 0.15) is 180 Å². The van der Waals surface area contributed by atoms with Gasteiger partial charge >= 0.3 is 0 Å². The van der Waals surface area contributed by atoms with E-state index < -0.39 is 0 Å². The largest absolute Gasteiger partial charge is 0.257 e. The second-order valence-corrected chi connectivity index (χ2v) is 10.7. The highest BCUT2D eigenvalue weighted by atomic mass is 15.1. The number of H-pyrrole nitrogens is 1. The number of imidazole rings is 1. The molecule has 1 aromatic rings. The van der Waals surface area contributed by atoms with Gasteiger partial charge in [0.2, 0.25) is 0 Å². The van der Waals surface area contributed by atoms with E-state index in [1.807, 2.05) is 0 Å². The van der Waals surface area contributed by atoms with E-state index in [1.165, 1.54) is 154 Å². The average molecular weight is 462 g/mol. The standard InChI is InChI=1S/C31H60N2/c1-4-7-9-11-13-14-15-16-17-18-20-22-24-26-30(25-23-21-19-12-10-8-5-2)31-32-27-29-33(31)28-6-3/h27,29-30H,4-26,28H2,1-3H3/p+1/t30-/m0/s1. The molecule has 1 rings (SSSR count). The second kappa shape index (κ2) is 23.0. The zero-order valence-corrected chi connectivity index (χ0v) is 23.1. The highest BCUT2D eigenvalue weighted by Crippen LogP contribution is 2.26. The van der Waals surface area contributed by atoms with E-state index in [2.05, 4.69) is 42.7 Å².